The highest BCUT2D eigenvalue weighted by molar-refractivity contribution is 5.91. The number of aromatic nitrogens is 2. The summed E-state index contributed by atoms with van der Waals surface area (Å²) in [5.74, 6) is 0.875. The van der Waals surface area contributed by atoms with E-state index in [1.807, 2.05) is 73.7 Å². The van der Waals surface area contributed by atoms with E-state index in [0.717, 1.165) is 22.4 Å². The number of ether oxygens (including phenoxy) is 2. The van der Waals surface area contributed by atoms with Gasteiger partial charge in [-0.15, -0.1) is 10.2 Å². The Balaban J connectivity index is 1.44. The van der Waals surface area contributed by atoms with Crippen LogP contribution in [0.25, 0.3) is 11.5 Å². The minimum Gasteiger partial charge on any atom is -0.489 e. The van der Waals surface area contributed by atoms with E-state index in [0.29, 0.717) is 11.5 Å². The highest BCUT2D eigenvalue weighted by atomic mass is 16.6. The van der Waals surface area contributed by atoms with E-state index in [4.69, 9.17) is 13.9 Å². The summed E-state index contributed by atoms with van der Waals surface area (Å²) in [5.41, 5.74) is 3.12. The van der Waals surface area contributed by atoms with Gasteiger partial charge in [0.2, 0.25) is 5.89 Å². The Morgan fingerprint density at radius 1 is 0.935 bits per heavy atom. The molecular formula is C25H22N2O4. The smallest absolute Gasteiger partial charge is 0.339 e. The first-order valence-corrected chi connectivity index (χ1v) is 9.97. The molecule has 0 aliphatic rings. The van der Waals surface area contributed by atoms with Crippen molar-refractivity contribution in [1.82, 2.24) is 10.2 Å². The van der Waals surface area contributed by atoms with Gasteiger partial charge < -0.3 is 13.9 Å². The average molecular weight is 414 g/mol. The summed E-state index contributed by atoms with van der Waals surface area (Å²) in [4.78, 5) is 12.8. The van der Waals surface area contributed by atoms with Crippen LogP contribution in [0.4, 0.5) is 0 Å². The fraction of sp³-hybridized carbons (Fsp3) is 0.160. The lowest BCUT2D eigenvalue weighted by Crippen LogP contribution is -2.12. The molecule has 0 amide bonds. The second-order valence-electron chi connectivity index (χ2n) is 7.12. The molecule has 0 unspecified atom stereocenters. The molecular weight excluding hydrogens is 392 g/mol. The van der Waals surface area contributed by atoms with Crippen LogP contribution in [0.5, 0.6) is 5.75 Å². The Labute approximate surface area is 180 Å². The van der Waals surface area contributed by atoms with E-state index in [1.165, 1.54) is 0 Å². The normalized spacial score (nSPS) is 11.7. The molecule has 0 aliphatic heterocycles. The van der Waals surface area contributed by atoms with Crippen LogP contribution in [-0.2, 0) is 11.3 Å². The summed E-state index contributed by atoms with van der Waals surface area (Å²) < 4.78 is 17.1. The van der Waals surface area contributed by atoms with E-state index < -0.39 is 12.1 Å². The molecule has 6 heteroatoms. The quantitative estimate of drug-likeness (QED) is 0.370. The first-order valence-electron chi connectivity index (χ1n) is 9.97. The SMILES string of the molecule is Cc1ccc(-c2nnc([C@H](C)OC(=O)c3ccccc3COc3ccccc3)o2)cc1. The fourth-order valence-corrected chi connectivity index (χ4v) is 3.01. The van der Waals surface area contributed by atoms with Crippen LogP contribution < -0.4 is 4.74 Å². The minimum atomic E-state index is -0.692. The zero-order chi connectivity index (χ0) is 21.6. The van der Waals surface area contributed by atoms with Gasteiger partial charge in [0.25, 0.3) is 5.89 Å². The molecule has 4 aromatic rings. The molecule has 0 spiro atoms. The molecule has 1 heterocycles. The Bertz CT molecular complexity index is 1150. The zero-order valence-corrected chi connectivity index (χ0v) is 17.3. The lowest BCUT2D eigenvalue weighted by atomic mass is 10.1. The van der Waals surface area contributed by atoms with Crippen molar-refractivity contribution in [3.05, 3.63) is 101 Å². The molecule has 0 aliphatic carbocycles. The van der Waals surface area contributed by atoms with Gasteiger partial charge in [0.05, 0.1) is 5.56 Å². The maximum Gasteiger partial charge on any atom is 0.339 e. The molecule has 3 aromatic carbocycles. The van der Waals surface area contributed by atoms with E-state index in [-0.39, 0.29) is 12.5 Å². The molecule has 4 rings (SSSR count). The monoisotopic (exact) mass is 414 g/mol. The summed E-state index contributed by atoms with van der Waals surface area (Å²) in [6.07, 6.45) is -0.692. The number of hydrogen-bond donors (Lipinski definition) is 0. The van der Waals surface area contributed by atoms with Crippen molar-refractivity contribution in [1.29, 1.82) is 0 Å². The van der Waals surface area contributed by atoms with Gasteiger partial charge in [0.15, 0.2) is 6.10 Å². The molecule has 156 valence electrons. The highest BCUT2D eigenvalue weighted by Gasteiger charge is 2.21. The number of esters is 1. The Morgan fingerprint density at radius 2 is 1.65 bits per heavy atom. The molecule has 0 saturated heterocycles. The third kappa shape index (κ3) is 4.98. The second kappa shape index (κ2) is 9.26. The lowest BCUT2D eigenvalue weighted by Gasteiger charge is -2.13. The molecule has 0 N–H and O–H groups in total. The summed E-state index contributed by atoms with van der Waals surface area (Å²) in [7, 11) is 0. The van der Waals surface area contributed by atoms with Gasteiger partial charge in [-0.25, -0.2) is 4.79 Å². The summed E-state index contributed by atoms with van der Waals surface area (Å²) in [5, 5.41) is 8.11. The predicted molar refractivity (Wildman–Crippen MR) is 116 cm³/mol. The molecule has 0 bridgehead atoms. The first-order chi connectivity index (χ1) is 15.1. The maximum atomic E-state index is 12.8. The van der Waals surface area contributed by atoms with E-state index in [1.54, 1.807) is 19.1 Å². The maximum absolute atomic E-state index is 12.8. The summed E-state index contributed by atoms with van der Waals surface area (Å²) in [6.45, 7) is 3.96. The zero-order valence-electron chi connectivity index (χ0n) is 17.3. The topological polar surface area (TPSA) is 74.5 Å². The standard InChI is InChI=1S/C25H22N2O4/c1-17-12-14-19(15-13-17)24-27-26-23(31-24)18(2)30-25(28)22-11-7-6-8-20(22)16-29-21-9-4-3-5-10-21/h3-15,18H,16H2,1-2H3/t18-/m0/s1. The molecule has 31 heavy (non-hydrogen) atoms. The number of carbonyl (C=O) groups excluding carboxylic acids is 1. The molecule has 0 saturated carbocycles. The van der Waals surface area contributed by atoms with Crippen molar-refractivity contribution in [3.8, 4) is 17.2 Å². The van der Waals surface area contributed by atoms with Crippen molar-refractivity contribution >= 4 is 5.97 Å². The third-order valence-electron chi connectivity index (χ3n) is 4.75. The Kier molecular flexibility index (Phi) is 6.08. The summed E-state index contributed by atoms with van der Waals surface area (Å²) in [6, 6.07) is 24.4. The number of rotatable bonds is 7. The van der Waals surface area contributed by atoms with Crippen LogP contribution in [0.3, 0.4) is 0 Å². The third-order valence-corrected chi connectivity index (χ3v) is 4.75. The van der Waals surface area contributed by atoms with Crippen LogP contribution in [0.1, 0.15) is 40.4 Å². The molecule has 0 fully saturated rings. The Morgan fingerprint density at radius 3 is 2.42 bits per heavy atom. The molecule has 0 radical (unpaired) electrons. The van der Waals surface area contributed by atoms with E-state index in [9.17, 15) is 4.79 Å². The number of carbonyl (C=O) groups is 1. The summed E-state index contributed by atoms with van der Waals surface area (Å²) >= 11 is 0. The van der Waals surface area contributed by atoms with Gasteiger partial charge in [-0.1, -0.05) is 54.1 Å². The van der Waals surface area contributed by atoms with Gasteiger partial charge in [-0.3, -0.25) is 0 Å². The van der Waals surface area contributed by atoms with Crippen molar-refractivity contribution in [2.24, 2.45) is 0 Å². The van der Waals surface area contributed by atoms with Crippen molar-refractivity contribution in [3.63, 3.8) is 0 Å². The van der Waals surface area contributed by atoms with Crippen LogP contribution in [0.15, 0.2) is 83.3 Å². The number of hydrogen-bond acceptors (Lipinski definition) is 6. The number of aryl methyl sites for hydroxylation is 1. The van der Waals surface area contributed by atoms with E-state index >= 15 is 0 Å². The molecule has 1 atom stereocenters. The van der Waals surface area contributed by atoms with Crippen LogP contribution in [0.2, 0.25) is 0 Å². The first kappa shape index (κ1) is 20.3. The largest absolute Gasteiger partial charge is 0.489 e. The highest BCUT2D eigenvalue weighted by Crippen LogP contribution is 2.24. The van der Waals surface area contributed by atoms with Crippen LogP contribution in [0, 0.1) is 6.92 Å². The number of para-hydroxylation sites is 1. The minimum absolute atomic E-state index is 0.238. The average Bonchev–Trinajstić information content (AvgIpc) is 3.29. The Hall–Kier alpha value is -3.93. The van der Waals surface area contributed by atoms with Gasteiger partial charge in [-0.05, 0) is 44.2 Å². The van der Waals surface area contributed by atoms with Crippen molar-refractivity contribution in [2.45, 2.75) is 26.6 Å². The fourth-order valence-electron chi connectivity index (χ4n) is 3.01. The van der Waals surface area contributed by atoms with Crippen LogP contribution in [-0.4, -0.2) is 16.2 Å². The second-order valence-corrected chi connectivity index (χ2v) is 7.12. The van der Waals surface area contributed by atoms with Crippen LogP contribution >= 0.6 is 0 Å². The molecule has 6 nitrogen and oxygen atoms in total. The molecule has 1 aromatic heterocycles. The van der Waals surface area contributed by atoms with Gasteiger partial charge in [0, 0.05) is 11.1 Å². The van der Waals surface area contributed by atoms with Crippen molar-refractivity contribution < 1.29 is 18.7 Å². The van der Waals surface area contributed by atoms with Gasteiger partial charge in [0.1, 0.15) is 12.4 Å². The lowest BCUT2D eigenvalue weighted by molar-refractivity contribution is 0.0277. The number of benzene rings is 3. The van der Waals surface area contributed by atoms with Crippen molar-refractivity contribution in [2.75, 3.05) is 0 Å². The van der Waals surface area contributed by atoms with Gasteiger partial charge >= 0.3 is 5.97 Å². The number of nitrogens with zero attached hydrogens (tertiary/aromatic N) is 2. The predicted octanol–water partition coefficient (Wildman–Crippen LogP) is 5.54. The van der Waals surface area contributed by atoms with E-state index in [2.05, 4.69) is 10.2 Å². The van der Waals surface area contributed by atoms with Gasteiger partial charge in [-0.2, -0.15) is 0 Å².